The van der Waals surface area contributed by atoms with Gasteiger partial charge < -0.3 is 14.8 Å². The molecular weight excluding hydrogens is 380 g/mol. The van der Waals surface area contributed by atoms with Crippen molar-refractivity contribution in [2.45, 2.75) is 26.8 Å². The molecule has 0 aromatic heterocycles. The number of hydrogen-bond acceptors (Lipinski definition) is 5. The molecule has 0 bridgehead atoms. The maximum absolute atomic E-state index is 12.8. The third-order valence-corrected chi connectivity index (χ3v) is 5.60. The minimum Gasteiger partial charge on any atom is -0.486 e. The minimum atomic E-state index is -3.72. The Bertz CT molecular complexity index is 983. The molecule has 0 radical (unpaired) electrons. The molecule has 1 heterocycles. The Morgan fingerprint density at radius 2 is 1.64 bits per heavy atom. The zero-order chi connectivity index (χ0) is 20.5. The van der Waals surface area contributed by atoms with E-state index in [-0.39, 0.29) is 0 Å². The predicted octanol–water partition coefficient (Wildman–Crippen LogP) is 2.87. The highest BCUT2D eigenvalue weighted by Gasteiger charge is 2.30. The third kappa shape index (κ3) is 4.39. The average Bonchev–Trinajstić information content (AvgIpc) is 2.59. The Labute approximate surface area is 165 Å². The van der Waals surface area contributed by atoms with Gasteiger partial charge >= 0.3 is 0 Å². The Kier molecular flexibility index (Phi) is 5.51. The molecule has 8 heteroatoms. The zero-order valence-corrected chi connectivity index (χ0v) is 17.2. The van der Waals surface area contributed by atoms with Crippen LogP contribution in [0.2, 0.25) is 0 Å². The summed E-state index contributed by atoms with van der Waals surface area (Å²) in [6.45, 7) is 6.25. The highest BCUT2D eigenvalue weighted by Crippen LogP contribution is 2.35. The van der Waals surface area contributed by atoms with Crippen molar-refractivity contribution in [3.8, 4) is 11.5 Å². The fourth-order valence-electron chi connectivity index (χ4n) is 3.27. The topological polar surface area (TPSA) is 84.9 Å². The smallest absolute Gasteiger partial charge is 0.247 e. The van der Waals surface area contributed by atoms with Crippen LogP contribution in [0.3, 0.4) is 0 Å². The highest BCUT2D eigenvalue weighted by atomic mass is 32.2. The maximum atomic E-state index is 12.8. The molecule has 28 heavy (non-hydrogen) atoms. The van der Waals surface area contributed by atoms with E-state index in [1.54, 1.807) is 25.1 Å². The van der Waals surface area contributed by atoms with Gasteiger partial charge in [0.05, 0.1) is 11.9 Å². The van der Waals surface area contributed by atoms with Gasteiger partial charge in [-0.05, 0) is 56.2 Å². The van der Waals surface area contributed by atoms with E-state index in [1.807, 2.05) is 32.0 Å². The first-order valence-corrected chi connectivity index (χ1v) is 10.8. The van der Waals surface area contributed by atoms with Gasteiger partial charge in [0.15, 0.2) is 11.5 Å². The van der Waals surface area contributed by atoms with Crippen LogP contribution in [0.15, 0.2) is 36.4 Å². The van der Waals surface area contributed by atoms with Crippen molar-refractivity contribution in [1.29, 1.82) is 0 Å². The summed E-state index contributed by atoms with van der Waals surface area (Å²) < 4.78 is 37.1. The molecular formula is C20H24N2O5S. The van der Waals surface area contributed by atoms with Gasteiger partial charge in [-0.25, -0.2) is 8.42 Å². The summed E-state index contributed by atoms with van der Waals surface area (Å²) >= 11 is 0. The second-order valence-corrected chi connectivity index (χ2v) is 8.79. The number of rotatable bonds is 5. The van der Waals surface area contributed by atoms with Gasteiger partial charge in [-0.2, -0.15) is 0 Å². The third-order valence-electron chi connectivity index (χ3n) is 4.36. The van der Waals surface area contributed by atoms with Crippen molar-refractivity contribution in [3.63, 3.8) is 0 Å². The number of benzene rings is 2. The SMILES string of the molecule is Cc1cc(C)cc(NC(=O)[C@@H](C)N(c2ccc3c(c2)OCCO3)S(C)(=O)=O)c1. The number of fused-ring (bicyclic) bond motifs is 1. The molecule has 0 aliphatic carbocycles. The largest absolute Gasteiger partial charge is 0.486 e. The minimum absolute atomic E-state index is 0.342. The van der Waals surface area contributed by atoms with Crippen molar-refractivity contribution < 1.29 is 22.7 Å². The van der Waals surface area contributed by atoms with Gasteiger partial charge in [0.2, 0.25) is 15.9 Å². The number of anilines is 2. The molecule has 1 aliphatic heterocycles. The number of carbonyl (C=O) groups is 1. The lowest BCUT2D eigenvalue weighted by atomic mass is 10.1. The molecule has 0 fully saturated rings. The van der Waals surface area contributed by atoms with Crippen molar-refractivity contribution in [2.75, 3.05) is 29.1 Å². The number of nitrogens with zero attached hydrogens (tertiary/aromatic N) is 1. The van der Waals surface area contributed by atoms with E-state index in [0.29, 0.717) is 36.1 Å². The van der Waals surface area contributed by atoms with Gasteiger partial charge in [0.1, 0.15) is 19.3 Å². The van der Waals surface area contributed by atoms with Crippen LogP contribution in [0.25, 0.3) is 0 Å². The number of carbonyl (C=O) groups excluding carboxylic acids is 1. The Morgan fingerprint density at radius 3 is 2.25 bits per heavy atom. The summed E-state index contributed by atoms with van der Waals surface area (Å²) in [4.78, 5) is 12.8. The molecule has 7 nitrogen and oxygen atoms in total. The summed E-state index contributed by atoms with van der Waals surface area (Å²) in [7, 11) is -3.72. The maximum Gasteiger partial charge on any atom is 0.247 e. The molecule has 0 saturated carbocycles. The normalized spacial score (nSPS) is 14.3. The second kappa shape index (κ2) is 7.71. The summed E-state index contributed by atoms with van der Waals surface area (Å²) in [6, 6.07) is 9.55. The summed E-state index contributed by atoms with van der Waals surface area (Å²) in [5.41, 5.74) is 2.99. The van der Waals surface area contributed by atoms with Crippen LogP contribution in [-0.2, 0) is 14.8 Å². The van der Waals surface area contributed by atoms with E-state index >= 15 is 0 Å². The van der Waals surface area contributed by atoms with E-state index in [0.717, 1.165) is 21.7 Å². The Morgan fingerprint density at radius 1 is 1.04 bits per heavy atom. The first-order valence-electron chi connectivity index (χ1n) is 8.93. The number of hydrogen-bond donors (Lipinski definition) is 1. The molecule has 2 aromatic carbocycles. The van der Waals surface area contributed by atoms with Gasteiger partial charge in [-0.1, -0.05) is 6.07 Å². The van der Waals surface area contributed by atoms with Crippen molar-refractivity contribution in [3.05, 3.63) is 47.5 Å². The van der Waals surface area contributed by atoms with Gasteiger partial charge in [0, 0.05) is 11.8 Å². The Balaban J connectivity index is 1.90. The number of nitrogens with one attached hydrogen (secondary N) is 1. The van der Waals surface area contributed by atoms with E-state index in [4.69, 9.17) is 9.47 Å². The van der Waals surface area contributed by atoms with Crippen LogP contribution < -0.4 is 19.1 Å². The lowest BCUT2D eigenvalue weighted by molar-refractivity contribution is -0.116. The first-order chi connectivity index (χ1) is 13.1. The van der Waals surface area contributed by atoms with E-state index in [1.165, 1.54) is 0 Å². The number of aryl methyl sites for hydroxylation is 2. The van der Waals surface area contributed by atoms with E-state index in [9.17, 15) is 13.2 Å². The van der Waals surface area contributed by atoms with Gasteiger partial charge in [-0.3, -0.25) is 9.10 Å². The van der Waals surface area contributed by atoms with Crippen molar-refractivity contribution in [2.24, 2.45) is 0 Å². The lowest BCUT2D eigenvalue weighted by Crippen LogP contribution is -2.45. The second-order valence-electron chi connectivity index (χ2n) is 6.93. The molecule has 0 unspecified atom stereocenters. The molecule has 0 spiro atoms. The quantitative estimate of drug-likeness (QED) is 0.828. The average molecular weight is 404 g/mol. The summed E-state index contributed by atoms with van der Waals surface area (Å²) in [5.74, 6) is 0.584. The number of sulfonamides is 1. The van der Waals surface area contributed by atoms with Crippen molar-refractivity contribution >= 4 is 27.3 Å². The van der Waals surface area contributed by atoms with Crippen LogP contribution in [0, 0.1) is 13.8 Å². The molecule has 1 N–H and O–H groups in total. The van der Waals surface area contributed by atoms with Gasteiger partial charge in [-0.15, -0.1) is 0 Å². The van der Waals surface area contributed by atoms with Gasteiger partial charge in [0.25, 0.3) is 0 Å². The predicted molar refractivity (Wildman–Crippen MR) is 109 cm³/mol. The number of amides is 1. The molecule has 1 amide bonds. The molecule has 2 aromatic rings. The fourth-order valence-corrected chi connectivity index (χ4v) is 4.44. The zero-order valence-electron chi connectivity index (χ0n) is 16.4. The van der Waals surface area contributed by atoms with Crippen LogP contribution in [0.5, 0.6) is 11.5 Å². The Hall–Kier alpha value is -2.74. The number of ether oxygens (including phenoxy) is 2. The molecule has 1 atom stereocenters. The summed E-state index contributed by atoms with van der Waals surface area (Å²) in [6.07, 6.45) is 1.07. The van der Waals surface area contributed by atoms with E-state index in [2.05, 4.69) is 5.32 Å². The lowest BCUT2D eigenvalue weighted by Gasteiger charge is -2.29. The van der Waals surface area contributed by atoms with Crippen LogP contribution in [0.4, 0.5) is 11.4 Å². The van der Waals surface area contributed by atoms with Crippen LogP contribution in [-0.4, -0.2) is 39.8 Å². The molecule has 3 rings (SSSR count). The molecule has 1 aliphatic rings. The fraction of sp³-hybridized carbons (Fsp3) is 0.350. The highest BCUT2D eigenvalue weighted by molar-refractivity contribution is 7.92. The standard InChI is InChI=1S/C20H24N2O5S/c1-13-9-14(2)11-16(10-13)21-20(23)15(3)22(28(4,24)25)17-5-6-18-19(12-17)27-8-7-26-18/h5-6,9-12,15H,7-8H2,1-4H3,(H,21,23)/t15-/m1/s1. The van der Waals surface area contributed by atoms with Crippen LogP contribution >= 0.6 is 0 Å². The summed E-state index contributed by atoms with van der Waals surface area (Å²) in [5, 5.41) is 2.81. The molecule has 0 saturated heterocycles. The van der Waals surface area contributed by atoms with E-state index < -0.39 is 22.0 Å². The molecule has 150 valence electrons. The monoisotopic (exact) mass is 404 g/mol. The van der Waals surface area contributed by atoms with Crippen molar-refractivity contribution in [1.82, 2.24) is 0 Å². The van der Waals surface area contributed by atoms with Crippen LogP contribution in [0.1, 0.15) is 18.1 Å². The first kappa shape index (κ1) is 20.0.